The number of carbonyl (C=O) groups is 2. The minimum Gasteiger partial charge on any atom is -0.380 e. The maximum Gasteiger partial charge on any atom is 0.418 e. The molecule has 2 aromatic rings. The van der Waals surface area contributed by atoms with Gasteiger partial charge in [-0.3, -0.25) is 4.79 Å². The molecule has 2 aromatic carbocycles. The van der Waals surface area contributed by atoms with Gasteiger partial charge in [0.05, 0.1) is 17.9 Å². The normalized spacial score (nSPS) is 11.0. The summed E-state index contributed by atoms with van der Waals surface area (Å²) in [4.78, 5) is 23.9. The molecule has 0 aromatic heterocycles. The Kier molecular flexibility index (Phi) is 7.39. The van der Waals surface area contributed by atoms with E-state index in [-0.39, 0.29) is 18.8 Å². The fourth-order valence-electron chi connectivity index (χ4n) is 2.31. The summed E-state index contributed by atoms with van der Waals surface area (Å²) in [6.45, 7) is 2.66. The summed E-state index contributed by atoms with van der Waals surface area (Å²) in [7, 11) is 0. The number of carbonyl (C=O) groups excluding carboxylic acids is 2. The third-order valence-electron chi connectivity index (χ3n) is 3.60. The zero-order valence-electron chi connectivity index (χ0n) is 15.1. The molecule has 6 nitrogen and oxygen atoms in total. The number of benzene rings is 2. The van der Waals surface area contributed by atoms with Crippen LogP contribution in [-0.4, -0.2) is 31.7 Å². The molecule has 0 saturated heterocycles. The summed E-state index contributed by atoms with van der Waals surface area (Å²) in [6, 6.07) is 10.5. The number of amides is 3. The number of halogens is 3. The highest BCUT2D eigenvalue weighted by Gasteiger charge is 2.34. The van der Waals surface area contributed by atoms with Gasteiger partial charge in [0, 0.05) is 24.4 Å². The van der Waals surface area contributed by atoms with Gasteiger partial charge in [0.1, 0.15) is 0 Å². The van der Waals surface area contributed by atoms with Gasteiger partial charge in [-0.05, 0) is 37.3 Å². The molecule has 0 aliphatic carbocycles. The van der Waals surface area contributed by atoms with Crippen molar-refractivity contribution < 1.29 is 27.5 Å². The van der Waals surface area contributed by atoms with Crippen molar-refractivity contribution in [3.05, 3.63) is 59.7 Å². The molecule has 0 aliphatic rings. The molecule has 28 heavy (non-hydrogen) atoms. The molecule has 3 N–H and O–H groups in total. The topological polar surface area (TPSA) is 79.5 Å². The highest BCUT2D eigenvalue weighted by molar-refractivity contribution is 6.04. The van der Waals surface area contributed by atoms with Crippen molar-refractivity contribution in [1.82, 2.24) is 5.32 Å². The maximum absolute atomic E-state index is 13.4. The summed E-state index contributed by atoms with van der Waals surface area (Å²) >= 11 is 0. The van der Waals surface area contributed by atoms with Crippen LogP contribution >= 0.6 is 0 Å². The molecule has 3 amide bonds. The van der Waals surface area contributed by atoms with Gasteiger partial charge in [0.25, 0.3) is 5.91 Å². The smallest absolute Gasteiger partial charge is 0.380 e. The molecule has 0 unspecified atom stereocenters. The Bertz CT molecular complexity index is 811. The molecule has 0 atom stereocenters. The second kappa shape index (κ2) is 9.75. The third kappa shape index (κ3) is 6.27. The molecule has 0 bridgehead atoms. The molecule has 0 saturated carbocycles. The van der Waals surface area contributed by atoms with Gasteiger partial charge in [-0.15, -0.1) is 0 Å². The van der Waals surface area contributed by atoms with Gasteiger partial charge >= 0.3 is 12.2 Å². The van der Waals surface area contributed by atoms with Crippen LogP contribution in [-0.2, 0) is 10.9 Å². The molecule has 0 radical (unpaired) electrons. The van der Waals surface area contributed by atoms with Gasteiger partial charge in [0.2, 0.25) is 0 Å². The molecular formula is C19H20F3N3O3. The Hall–Kier alpha value is -3.07. The van der Waals surface area contributed by atoms with Crippen LogP contribution in [0.15, 0.2) is 48.5 Å². The average molecular weight is 395 g/mol. The number of hydrogen-bond acceptors (Lipinski definition) is 3. The van der Waals surface area contributed by atoms with Crippen LogP contribution in [0.2, 0.25) is 0 Å². The third-order valence-corrected chi connectivity index (χ3v) is 3.60. The van der Waals surface area contributed by atoms with E-state index in [9.17, 15) is 22.8 Å². The molecular weight excluding hydrogens is 375 g/mol. The van der Waals surface area contributed by atoms with Gasteiger partial charge in [-0.25, -0.2) is 4.79 Å². The van der Waals surface area contributed by atoms with Gasteiger partial charge in [0.15, 0.2) is 0 Å². The Morgan fingerprint density at radius 3 is 2.39 bits per heavy atom. The summed E-state index contributed by atoms with van der Waals surface area (Å²) in [6.07, 6.45) is -4.72. The lowest BCUT2D eigenvalue weighted by Crippen LogP contribution is -2.32. The van der Waals surface area contributed by atoms with E-state index in [4.69, 9.17) is 4.74 Å². The van der Waals surface area contributed by atoms with Crippen molar-refractivity contribution in [1.29, 1.82) is 0 Å². The second-order valence-corrected chi connectivity index (χ2v) is 5.66. The molecule has 0 fully saturated rings. The summed E-state index contributed by atoms with van der Waals surface area (Å²) in [5, 5.41) is 6.98. The number of nitrogens with one attached hydrogen (secondary N) is 3. The zero-order valence-corrected chi connectivity index (χ0v) is 15.1. The lowest BCUT2D eigenvalue weighted by Gasteiger charge is -2.16. The largest absolute Gasteiger partial charge is 0.418 e. The highest BCUT2D eigenvalue weighted by atomic mass is 19.4. The van der Waals surface area contributed by atoms with Crippen molar-refractivity contribution in [2.75, 3.05) is 30.4 Å². The van der Waals surface area contributed by atoms with Gasteiger partial charge in [-0.2, -0.15) is 13.2 Å². The van der Waals surface area contributed by atoms with E-state index < -0.39 is 29.4 Å². The molecule has 2 rings (SSSR count). The van der Waals surface area contributed by atoms with E-state index in [1.165, 1.54) is 6.07 Å². The molecule has 0 spiro atoms. The number of rotatable bonds is 7. The monoisotopic (exact) mass is 395 g/mol. The molecule has 0 aliphatic heterocycles. The predicted molar refractivity (Wildman–Crippen MR) is 99.4 cm³/mol. The minimum atomic E-state index is -4.72. The first kappa shape index (κ1) is 21.2. The molecule has 9 heteroatoms. The van der Waals surface area contributed by atoms with Crippen LogP contribution in [0.3, 0.4) is 0 Å². The first-order valence-electron chi connectivity index (χ1n) is 8.51. The van der Waals surface area contributed by atoms with E-state index in [1.807, 2.05) is 0 Å². The quantitative estimate of drug-likeness (QED) is 0.617. The lowest BCUT2D eigenvalue weighted by molar-refractivity contribution is -0.136. The van der Waals surface area contributed by atoms with E-state index in [2.05, 4.69) is 16.0 Å². The van der Waals surface area contributed by atoms with Crippen LogP contribution in [0.5, 0.6) is 0 Å². The summed E-state index contributed by atoms with van der Waals surface area (Å²) < 4.78 is 45.2. The minimum absolute atomic E-state index is 0.0384. The van der Waals surface area contributed by atoms with Crippen LogP contribution < -0.4 is 16.0 Å². The van der Waals surface area contributed by atoms with Crippen molar-refractivity contribution in [2.45, 2.75) is 13.1 Å². The Morgan fingerprint density at radius 2 is 1.75 bits per heavy atom. The maximum atomic E-state index is 13.4. The Labute approximate surface area is 160 Å². The van der Waals surface area contributed by atoms with Crippen molar-refractivity contribution >= 4 is 23.3 Å². The van der Waals surface area contributed by atoms with E-state index in [0.29, 0.717) is 12.2 Å². The number of alkyl halides is 3. The predicted octanol–water partition coefficient (Wildman–Crippen LogP) is 4.12. The second-order valence-electron chi connectivity index (χ2n) is 5.66. The lowest BCUT2D eigenvalue weighted by atomic mass is 10.1. The number of hydrogen-bond donors (Lipinski definition) is 3. The van der Waals surface area contributed by atoms with Crippen molar-refractivity contribution in [3.63, 3.8) is 0 Å². The Morgan fingerprint density at radius 1 is 1.04 bits per heavy atom. The molecule has 0 heterocycles. The van der Waals surface area contributed by atoms with Crippen LogP contribution in [0.25, 0.3) is 0 Å². The van der Waals surface area contributed by atoms with Crippen LogP contribution in [0, 0.1) is 0 Å². The fraction of sp³-hybridized carbons (Fsp3) is 0.263. The Balaban J connectivity index is 2.12. The van der Waals surface area contributed by atoms with Crippen molar-refractivity contribution in [3.8, 4) is 0 Å². The van der Waals surface area contributed by atoms with Crippen molar-refractivity contribution in [2.24, 2.45) is 0 Å². The fourth-order valence-corrected chi connectivity index (χ4v) is 2.31. The zero-order chi connectivity index (χ0) is 20.6. The highest BCUT2D eigenvalue weighted by Crippen LogP contribution is 2.36. The summed E-state index contributed by atoms with van der Waals surface area (Å²) in [5.41, 5.74) is -1.21. The SMILES string of the molecule is CCOCCNC(=O)Nc1ccc(NC(=O)c2ccccc2)cc1C(F)(F)F. The summed E-state index contributed by atoms with van der Waals surface area (Å²) in [5.74, 6) is -0.539. The van der Waals surface area contributed by atoms with Gasteiger partial charge < -0.3 is 20.7 Å². The van der Waals surface area contributed by atoms with E-state index in [0.717, 1.165) is 12.1 Å². The van der Waals surface area contributed by atoms with E-state index in [1.54, 1.807) is 37.3 Å². The average Bonchev–Trinajstić information content (AvgIpc) is 2.66. The van der Waals surface area contributed by atoms with E-state index >= 15 is 0 Å². The van der Waals surface area contributed by atoms with Crippen LogP contribution in [0.4, 0.5) is 29.3 Å². The number of anilines is 2. The molecule has 150 valence electrons. The standard InChI is InChI=1S/C19H20F3N3O3/c1-2-28-11-10-23-18(27)25-16-9-8-14(12-15(16)19(20,21)22)24-17(26)13-6-4-3-5-7-13/h3-9,12H,2,10-11H2,1H3,(H,24,26)(H2,23,25,27). The van der Waals surface area contributed by atoms with Gasteiger partial charge in [-0.1, -0.05) is 18.2 Å². The number of ether oxygens (including phenoxy) is 1. The van der Waals surface area contributed by atoms with Crippen LogP contribution in [0.1, 0.15) is 22.8 Å². The number of urea groups is 1. The first-order chi connectivity index (χ1) is 13.3. The first-order valence-corrected chi connectivity index (χ1v) is 8.51.